The fraction of sp³-hybridized carbons (Fsp3) is 0.300. The average Bonchev–Trinajstić information content (AvgIpc) is 2.66. The molecule has 0 N–H and O–H groups in total. The van der Waals surface area contributed by atoms with Crippen molar-refractivity contribution < 1.29 is 13.2 Å². The first-order valence-electron chi connectivity index (χ1n) is 4.83. The molecule has 6 heteroatoms. The fourth-order valence-electron chi connectivity index (χ4n) is 1.61. The van der Waals surface area contributed by atoms with Crippen LogP contribution in [0.5, 0.6) is 0 Å². The SMILES string of the molecule is O=C1CCCN1S(=O)(=O)c1ccc(Cl)cc1. The third-order valence-electron chi connectivity index (χ3n) is 2.43. The molecule has 1 fully saturated rings. The van der Waals surface area contributed by atoms with Crippen molar-refractivity contribution in [3.05, 3.63) is 29.3 Å². The predicted molar refractivity (Wildman–Crippen MR) is 59.6 cm³/mol. The Labute approximate surface area is 98.9 Å². The number of benzene rings is 1. The second-order valence-corrected chi connectivity index (χ2v) is 5.83. The van der Waals surface area contributed by atoms with Crippen LogP contribution in [-0.2, 0) is 14.8 Å². The highest BCUT2D eigenvalue weighted by Crippen LogP contribution is 2.22. The molecule has 0 aromatic heterocycles. The van der Waals surface area contributed by atoms with E-state index in [0.717, 1.165) is 4.31 Å². The lowest BCUT2D eigenvalue weighted by Gasteiger charge is -2.15. The van der Waals surface area contributed by atoms with Crippen molar-refractivity contribution in [1.82, 2.24) is 4.31 Å². The zero-order chi connectivity index (χ0) is 11.8. The minimum atomic E-state index is -3.68. The van der Waals surface area contributed by atoms with Crippen LogP contribution in [0.3, 0.4) is 0 Å². The van der Waals surface area contributed by atoms with E-state index >= 15 is 0 Å². The minimum absolute atomic E-state index is 0.104. The third kappa shape index (κ3) is 1.92. The van der Waals surface area contributed by atoms with Gasteiger partial charge in [0.15, 0.2) is 0 Å². The number of carbonyl (C=O) groups is 1. The molecule has 0 saturated carbocycles. The zero-order valence-electron chi connectivity index (χ0n) is 8.39. The summed E-state index contributed by atoms with van der Waals surface area (Å²) in [6.45, 7) is 0.268. The molecule has 1 aromatic carbocycles. The molecule has 0 unspecified atom stereocenters. The van der Waals surface area contributed by atoms with Gasteiger partial charge < -0.3 is 0 Å². The van der Waals surface area contributed by atoms with Gasteiger partial charge in [-0.1, -0.05) is 11.6 Å². The second-order valence-electron chi connectivity index (χ2n) is 3.53. The van der Waals surface area contributed by atoms with E-state index in [1.54, 1.807) is 0 Å². The molecule has 1 aromatic rings. The molecule has 0 atom stereocenters. The summed E-state index contributed by atoms with van der Waals surface area (Å²) in [5, 5.41) is 0.465. The highest BCUT2D eigenvalue weighted by atomic mass is 35.5. The number of amides is 1. The quantitative estimate of drug-likeness (QED) is 0.812. The van der Waals surface area contributed by atoms with Crippen LogP contribution in [0.1, 0.15) is 12.8 Å². The maximum atomic E-state index is 12.0. The van der Waals surface area contributed by atoms with Gasteiger partial charge in [0.25, 0.3) is 10.0 Å². The molecular formula is C10H10ClNO3S. The molecule has 0 radical (unpaired) electrons. The van der Waals surface area contributed by atoms with Crippen LogP contribution >= 0.6 is 11.6 Å². The Morgan fingerprint density at radius 3 is 2.31 bits per heavy atom. The Morgan fingerprint density at radius 2 is 1.81 bits per heavy atom. The van der Waals surface area contributed by atoms with Crippen LogP contribution in [0.15, 0.2) is 29.2 Å². The highest BCUT2D eigenvalue weighted by molar-refractivity contribution is 7.89. The average molecular weight is 260 g/mol. The van der Waals surface area contributed by atoms with Crippen molar-refractivity contribution in [1.29, 1.82) is 0 Å². The van der Waals surface area contributed by atoms with E-state index in [4.69, 9.17) is 11.6 Å². The molecule has 16 heavy (non-hydrogen) atoms. The Bertz CT molecular complexity index is 509. The van der Waals surface area contributed by atoms with Crippen molar-refractivity contribution in [3.8, 4) is 0 Å². The van der Waals surface area contributed by atoms with Crippen molar-refractivity contribution >= 4 is 27.5 Å². The monoisotopic (exact) mass is 259 g/mol. The summed E-state index contributed by atoms with van der Waals surface area (Å²) >= 11 is 5.67. The summed E-state index contributed by atoms with van der Waals surface area (Å²) in [6.07, 6.45) is 0.887. The van der Waals surface area contributed by atoms with Gasteiger partial charge in [-0.05, 0) is 30.7 Å². The molecule has 4 nitrogen and oxygen atoms in total. The van der Waals surface area contributed by atoms with Gasteiger partial charge in [-0.2, -0.15) is 0 Å². The van der Waals surface area contributed by atoms with Crippen LogP contribution in [0.2, 0.25) is 5.02 Å². The molecule has 2 rings (SSSR count). The highest BCUT2D eigenvalue weighted by Gasteiger charge is 2.32. The Balaban J connectivity index is 2.39. The fourth-order valence-corrected chi connectivity index (χ4v) is 3.20. The predicted octanol–water partition coefficient (Wildman–Crippen LogP) is 1.65. The van der Waals surface area contributed by atoms with Gasteiger partial charge in [-0.25, -0.2) is 12.7 Å². The zero-order valence-corrected chi connectivity index (χ0v) is 9.96. The van der Waals surface area contributed by atoms with Crippen LogP contribution < -0.4 is 0 Å². The van der Waals surface area contributed by atoms with Crippen molar-refractivity contribution in [2.75, 3.05) is 6.54 Å². The Morgan fingerprint density at radius 1 is 1.19 bits per heavy atom. The molecule has 1 aliphatic heterocycles. The lowest BCUT2D eigenvalue weighted by molar-refractivity contribution is -0.123. The van der Waals surface area contributed by atoms with E-state index in [2.05, 4.69) is 0 Å². The molecule has 1 saturated heterocycles. The van der Waals surface area contributed by atoms with Gasteiger partial charge in [-0.3, -0.25) is 4.79 Å². The Kier molecular flexibility index (Phi) is 2.90. The van der Waals surface area contributed by atoms with Gasteiger partial charge >= 0.3 is 0 Å². The van der Waals surface area contributed by atoms with Gasteiger partial charge in [0, 0.05) is 18.0 Å². The maximum Gasteiger partial charge on any atom is 0.266 e. The van der Waals surface area contributed by atoms with E-state index in [-0.39, 0.29) is 17.3 Å². The molecule has 0 spiro atoms. The summed E-state index contributed by atoms with van der Waals surface area (Å²) in [5.74, 6) is -0.338. The summed E-state index contributed by atoms with van der Waals surface area (Å²) < 4.78 is 25.0. The Hall–Kier alpha value is -1.07. The number of sulfonamides is 1. The summed E-state index contributed by atoms with van der Waals surface area (Å²) in [6, 6.07) is 5.80. The normalized spacial score (nSPS) is 16.8. The molecule has 0 bridgehead atoms. The number of hydrogen-bond acceptors (Lipinski definition) is 3. The van der Waals surface area contributed by atoms with E-state index in [1.807, 2.05) is 0 Å². The molecule has 1 amide bonds. The standard InChI is InChI=1S/C10H10ClNO3S/c11-8-3-5-9(6-4-8)16(14,15)12-7-1-2-10(12)13/h3-6H,1-2,7H2. The van der Waals surface area contributed by atoms with Crippen molar-refractivity contribution in [2.24, 2.45) is 0 Å². The van der Waals surface area contributed by atoms with E-state index in [0.29, 0.717) is 17.9 Å². The second kappa shape index (κ2) is 4.07. The van der Waals surface area contributed by atoms with Gasteiger partial charge in [0.1, 0.15) is 0 Å². The lowest BCUT2D eigenvalue weighted by atomic mass is 10.4. The van der Waals surface area contributed by atoms with E-state index in [9.17, 15) is 13.2 Å². The topological polar surface area (TPSA) is 54.5 Å². The third-order valence-corrected chi connectivity index (χ3v) is 4.52. The molecule has 1 aliphatic rings. The number of halogens is 1. The van der Waals surface area contributed by atoms with Gasteiger partial charge in [-0.15, -0.1) is 0 Å². The van der Waals surface area contributed by atoms with Crippen LogP contribution in [0.25, 0.3) is 0 Å². The molecule has 0 aliphatic carbocycles. The summed E-state index contributed by atoms with van der Waals surface area (Å²) in [7, 11) is -3.68. The van der Waals surface area contributed by atoms with Crippen LogP contribution in [0, 0.1) is 0 Å². The van der Waals surface area contributed by atoms with Crippen molar-refractivity contribution in [3.63, 3.8) is 0 Å². The molecular weight excluding hydrogens is 250 g/mol. The number of carbonyl (C=O) groups excluding carboxylic acids is 1. The first kappa shape index (κ1) is 11.4. The van der Waals surface area contributed by atoms with Gasteiger partial charge in [0.05, 0.1) is 4.90 Å². The maximum absolute atomic E-state index is 12.0. The van der Waals surface area contributed by atoms with E-state index in [1.165, 1.54) is 24.3 Å². The van der Waals surface area contributed by atoms with E-state index < -0.39 is 10.0 Å². The largest absolute Gasteiger partial charge is 0.274 e. The van der Waals surface area contributed by atoms with Crippen LogP contribution in [-0.4, -0.2) is 25.2 Å². The van der Waals surface area contributed by atoms with Crippen molar-refractivity contribution in [2.45, 2.75) is 17.7 Å². The summed E-state index contributed by atoms with van der Waals surface area (Å²) in [4.78, 5) is 11.5. The lowest BCUT2D eigenvalue weighted by Crippen LogP contribution is -2.31. The first-order valence-corrected chi connectivity index (χ1v) is 6.65. The summed E-state index contributed by atoms with van der Waals surface area (Å²) in [5.41, 5.74) is 0. The first-order chi connectivity index (χ1) is 7.51. The number of nitrogens with zero attached hydrogens (tertiary/aromatic N) is 1. The van der Waals surface area contributed by atoms with Crippen LogP contribution in [0.4, 0.5) is 0 Å². The number of hydrogen-bond donors (Lipinski definition) is 0. The smallest absolute Gasteiger partial charge is 0.266 e. The minimum Gasteiger partial charge on any atom is -0.274 e. The molecule has 86 valence electrons. The van der Waals surface area contributed by atoms with Gasteiger partial charge in [0.2, 0.25) is 5.91 Å². The molecule has 1 heterocycles. The number of rotatable bonds is 2.